The van der Waals surface area contributed by atoms with Crippen LogP contribution >= 0.6 is 0 Å². The SMILES string of the molecule is COc1ccc(CN(CCO)CC(F)F)cc1F. The molecule has 0 spiro atoms. The Hall–Kier alpha value is -1.27. The zero-order chi connectivity index (χ0) is 13.5. The lowest BCUT2D eigenvalue weighted by Gasteiger charge is -2.20. The summed E-state index contributed by atoms with van der Waals surface area (Å²) in [6.07, 6.45) is -2.49. The standard InChI is InChI=1S/C12H16F3NO2/c1-18-11-3-2-9(6-10(11)13)7-16(4-5-17)8-12(14)15/h2-3,6,12,17H,4-5,7-8H2,1H3. The molecule has 3 nitrogen and oxygen atoms in total. The van der Waals surface area contributed by atoms with Gasteiger partial charge in [-0.3, -0.25) is 4.90 Å². The molecule has 0 aliphatic carbocycles. The maximum absolute atomic E-state index is 13.4. The van der Waals surface area contributed by atoms with Crippen LogP contribution in [0, 0.1) is 5.82 Å². The van der Waals surface area contributed by atoms with E-state index in [2.05, 4.69) is 0 Å². The van der Waals surface area contributed by atoms with E-state index in [-0.39, 0.29) is 25.4 Å². The molecule has 0 aliphatic heterocycles. The fourth-order valence-corrected chi connectivity index (χ4v) is 1.64. The molecule has 1 aromatic rings. The molecule has 18 heavy (non-hydrogen) atoms. The molecule has 0 aromatic heterocycles. The lowest BCUT2D eigenvalue weighted by atomic mass is 10.2. The summed E-state index contributed by atoms with van der Waals surface area (Å²) in [5, 5.41) is 8.78. The van der Waals surface area contributed by atoms with Gasteiger partial charge >= 0.3 is 0 Å². The molecular weight excluding hydrogens is 247 g/mol. The third-order valence-electron chi connectivity index (χ3n) is 2.43. The molecule has 0 amide bonds. The van der Waals surface area contributed by atoms with Crippen LogP contribution in [-0.2, 0) is 6.54 Å². The number of benzene rings is 1. The molecule has 0 heterocycles. The largest absolute Gasteiger partial charge is 0.494 e. The van der Waals surface area contributed by atoms with Crippen LogP contribution in [-0.4, -0.2) is 43.2 Å². The number of rotatable bonds is 7. The maximum atomic E-state index is 13.4. The summed E-state index contributed by atoms with van der Waals surface area (Å²) in [7, 11) is 1.35. The zero-order valence-corrected chi connectivity index (χ0v) is 10.1. The molecule has 0 aliphatic rings. The average Bonchev–Trinajstić information content (AvgIpc) is 2.28. The van der Waals surface area contributed by atoms with E-state index in [4.69, 9.17) is 9.84 Å². The van der Waals surface area contributed by atoms with Gasteiger partial charge in [0.2, 0.25) is 0 Å². The van der Waals surface area contributed by atoms with E-state index in [1.807, 2.05) is 0 Å². The van der Waals surface area contributed by atoms with Gasteiger partial charge in [0.15, 0.2) is 11.6 Å². The predicted octanol–water partition coefficient (Wildman–Crippen LogP) is 1.89. The quantitative estimate of drug-likeness (QED) is 0.815. The highest BCUT2D eigenvalue weighted by molar-refractivity contribution is 5.29. The summed E-state index contributed by atoms with van der Waals surface area (Å²) < 4.78 is 42.8. The molecule has 0 saturated carbocycles. The van der Waals surface area contributed by atoms with Crippen molar-refractivity contribution in [3.05, 3.63) is 29.6 Å². The molecule has 0 radical (unpaired) electrons. The van der Waals surface area contributed by atoms with Crippen molar-refractivity contribution in [3.8, 4) is 5.75 Å². The first-order chi connectivity index (χ1) is 8.56. The number of methoxy groups -OCH3 is 1. The number of aliphatic hydroxyl groups is 1. The summed E-state index contributed by atoms with van der Waals surface area (Å²) in [5.41, 5.74) is 0.558. The first kappa shape index (κ1) is 14.8. The van der Waals surface area contributed by atoms with Gasteiger partial charge in [0, 0.05) is 13.1 Å². The third kappa shape index (κ3) is 4.54. The van der Waals surface area contributed by atoms with Crippen LogP contribution in [0.3, 0.4) is 0 Å². The third-order valence-corrected chi connectivity index (χ3v) is 2.43. The summed E-state index contributed by atoms with van der Waals surface area (Å²) in [6.45, 7) is -0.386. The first-order valence-corrected chi connectivity index (χ1v) is 5.50. The van der Waals surface area contributed by atoms with Crippen molar-refractivity contribution >= 4 is 0 Å². The minimum Gasteiger partial charge on any atom is -0.494 e. The van der Waals surface area contributed by atoms with Crippen LogP contribution in [0.1, 0.15) is 5.56 Å². The molecular formula is C12H16F3NO2. The Morgan fingerprint density at radius 2 is 2.11 bits per heavy atom. The fourth-order valence-electron chi connectivity index (χ4n) is 1.64. The Morgan fingerprint density at radius 1 is 1.39 bits per heavy atom. The molecule has 1 N–H and O–H groups in total. The minimum absolute atomic E-state index is 0.112. The zero-order valence-electron chi connectivity index (χ0n) is 10.1. The summed E-state index contributed by atoms with van der Waals surface area (Å²) in [4.78, 5) is 1.37. The summed E-state index contributed by atoms with van der Waals surface area (Å²) in [5.74, 6) is -0.419. The lowest BCUT2D eigenvalue weighted by Crippen LogP contribution is -2.31. The van der Waals surface area contributed by atoms with Crippen LogP contribution in [0.2, 0.25) is 0 Å². The van der Waals surface area contributed by atoms with Gasteiger partial charge in [-0.25, -0.2) is 13.2 Å². The Balaban J connectivity index is 2.71. The van der Waals surface area contributed by atoms with Gasteiger partial charge in [-0.15, -0.1) is 0 Å². The Labute approximate surface area is 104 Å². The van der Waals surface area contributed by atoms with Gasteiger partial charge in [-0.05, 0) is 17.7 Å². The van der Waals surface area contributed by atoms with Gasteiger partial charge in [-0.1, -0.05) is 6.07 Å². The Morgan fingerprint density at radius 3 is 2.61 bits per heavy atom. The first-order valence-electron chi connectivity index (χ1n) is 5.50. The normalized spacial score (nSPS) is 11.3. The molecule has 102 valence electrons. The van der Waals surface area contributed by atoms with Crippen LogP contribution in [0.4, 0.5) is 13.2 Å². The van der Waals surface area contributed by atoms with Crippen molar-refractivity contribution < 1.29 is 23.0 Å². The molecule has 1 aromatic carbocycles. The molecule has 0 atom stereocenters. The molecule has 0 fully saturated rings. The van der Waals surface area contributed by atoms with Crippen LogP contribution in [0.15, 0.2) is 18.2 Å². The van der Waals surface area contributed by atoms with E-state index < -0.39 is 18.8 Å². The highest BCUT2D eigenvalue weighted by Gasteiger charge is 2.13. The van der Waals surface area contributed by atoms with Crippen molar-refractivity contribution in [1.29, 1.82) is 0 Å². The molecule has 0 unspecified atom stereocenters. The molecule has 0 bridgehead atoms. The second-order valence-electron chi connectivity index (χ2n) is 3.82. The topological polar surface area (TPSA) is 32.7 Å². The van der Waals surface area contributed by atoms with Crippen molar-refractivity contribution in [1.82, 2.24) is 4.90 Å². The number of halogens is 3. The van der Waals surface area contributed by atoms with E-state index in [0.29, 0.717) is 5.56 Å². The minimum atomic E-state index is -2.49. The fraction of sp³-hybridized carbons (Fsp3) is 0.500. The van der Waals surface area contributed by atoms with Gasteiger partial charge in [0.25, 0.3) is 6.43 Å². The lowest BCUT2D eigenvalue weighted by molar-refractivity contribution is 0.0746. The highest BCUT2D eigenvalue weighted by Crippen LogP contribution is 2.18. The number of hydrogen-bond acceptors (Lipinski definition) is 3. The molecule has 6 heteroatoms. The van der Waals surface area contributed by atoms with Gasteiger partial charge in [-0.2, -0.15) is 0 Å². The van der Waals surface area contributed by atoms with Crippen molar-refractivity contribution in [3.63, 3.8) is 0 Å². The maximum Gasteiger partial charge on any atom is 0.251 e. The second kappa shape index (κ2) is 7.23. The van der Waals surface area contributed by atoms with Crippen molar-refractivity contribution in [2.75, 3.05) is 26.8 Å². The van der Waals surface area contributed by atoms with E-state index in [1.54, 1.807) is 6.07 Å². The van der Waals surface area contributed by atoms with Crippen LogP contribution < -0.4 is 4.74 Å². The Bertz CT molecular complexity index is 374. The summed E-state index contributed by atoms with van der Waals surface area (Å²) in [6, 6.07) is 4.30. The van der Waals surface area contributed by atoms with E-state index >= 15 is 0 Å². The number of alkyl halides is 2. The van der Waals surface area contributed by atoms with Crippen LogP contribution in [0.5, 0.6) is 5.75 Å². The number of nitrogens with zero attached hydrogens (tertiary/aromatic N) is 1. The molecule has 1 rings (SSSR count). The van der Waals surface area contributed by atoms with Crippen molar-refractivity contribution in [2.24, 2.45) is 0 Å². The van der Waals surface area contributed by atoms with Crippen LogP contribution in [0.25, 0.3) is 0 Å². The van der Waals surface area contributed by atoms with E-state index in [0.717, 1.165) is 0 Å². The van der Waals surface area contributed by atoms with E-state index in [9.17, 15) is 13.2 Å². The van der Waals surface area contributed by atoms with Crippen molar-refractivity contribution in [2.45, 2.75) is 13.0 Å². The highest BCUT2D eigenvalue weighted by atomic mass is 19.3. The Kier molecular flexibility index (Phi) is 5.94. The number of hydrogen-bond donors (Lipinski definition) is 1. The van der Waals surface area contributed by atoms with Gasteiger partial charge < -0.3 is 9.84 Å². The molecule has 0 saturated heterocycles. The smallest absolute Gasteiger partial charge is 0.251 e. The van der Waals surface area contributed by atoms with E-state index in [1.165, 1.54) is 24.1 Å². The number of ether oxygens (including phenoxy) is 1. The van der Waals surface area contributed by atoms with Gasteiger partial charge in [0.05, 0.1) is 20.3 Å². The predicted molar refractivity (Wildman–Crippen MR) is 61.3 cm³/mol. The monoisotopic (exact) mass is 263 g/mol. The summed E-state index contributed by atoms with van der Waals surface area (Å²) >= 11 is 0. The van der Waals surface area contributed by atoms with Gasteiger partial charge in [0.1, 0.15) is 0 Å². The number of aliphatic hydroxyl groups excluding tert-OH is 1. The second-order valence-corrected chi connectivity index (χ2v) is 3.82. The average molecular weight is 263 g/mol.